The molecule has 12 heavy (non-hydrogen) atoms. The van der Waals surface area contributed by atoms with Gasteiger partial charge in [0.15, 0.2) is 11.5 Å². The molecule has 0 aromatic heterocycles. The Morgan fingerprint density at radius 1 is 1.58 bits per heavy atom. The summed E-state index contributed by atoms with van der Waals surface area (Å²) in [5, 5.41) is 17.2. The zero-order valence-electron chi connectivity index (χ0n) is 6.02. The first-order valence-electron chi connectivity index (χ1n) is 3.12. The molecule has 0 spiro atoms. The fourth-order valence-corrected chi connectivity index (χ4v) is 0.735. The van der Waals surface area contributed by atoms with Crippen LogP contribution in [0.2, 0.25) is 0 Å². The maximum atomic E-state index is 10.3. The molecule has 0 atom stereocenters. The SMILES string of the molecule is N#COc1cc(C=O)ccc1O. The first-order valence-corrected chi connectivity index (χ1v) is 3.12. The summed E-state index contributed by atoms with van der Waals surface area (Å²) in [6, 6.07) is 3.99. The number of benzene rings is 1. The van der Waals surface area contributed by atoms with E-state index in [2.05, 4.69) is 4.74 Å². The monoisotopic (exact) mass is 163 g/mol. The van der Waals surface area contributed by atoms with Gasteiger partial charge in [0.1, 0.15) is 6.29 Å². The second kappa shape index (κ2) is 3.39. The number of hydrogen-bond donors (Lipinski definition) is 1. The van der Waals surface area contributed by atoms with Gasteiger partial charge in [-0.1, -0.05) is 0 Å². The van der Waals surface area contributed by atoms with Gasteiger partial charge in [0.05, 0.1) is 0 Å². The summed E-state index contributed by atoms with van der Waals surface area (Å²) in [7, 11) is 0. The lowest BCUT2D eigenvalue weighted by Gasteiger charge is -1.99. The Morgan fingerprint density at radius 3 is 2.92 bits per heavy atom. The summed E-state index contributed by atoms with van der Waals surface area (Å²) in [5.74, 6) is -0.177. The third-order valence-corrected chi connectivity index (χ3v) is 1.28. The molecule has 0 fully saturated rings. The molecule has 0 aliphatic heterocycles. The van der Waals surface area contributed by atoms with Gasteiger partial charge in [-0.05, 0) is 18.2 Å². The van der Waals surface area contributed by atoms with Crippen LogP contribution in [0.5, 0.6) is 11.5 Å². The van der Waals surface area contributed by atoms with Crippen molar-refractivity contribution < 1.29 is 14.6 Å². The standard InChI is InChI=1S/C8H5NO3/c9-5-12-8-3-6(4-10)1-2-7(8)11/h1-4,11H. The molecule has 4 nitrogen and oxygen atoms in total. The van der Waals surface area contributed by atoms with E-state index in [0.717, 1.165) is 0 Å². The Morgan fingerprint density at radius 2 is 2.33 bits per heavy atom. The molecule has 60 valence electrons. The highest BCUT2D eigenvalue weighted by molar-refractivity contribution is 5.76. The number of aldehydes is 1. The number of hydrogen-bond acceptors (Lipinski definition) is 4. The van der Waals surface area contributed by atoms with Crippen LogP contribution in [0.25, 0.3) is 0 Å². The van der Waals surface area contributed by atoms with E-state index in [9.17, 15) is 4.79 Å². The minimum Gasteiger partial charge on any atom is -0.504 e. The molecule has 0 bridgehead atoms. The highest BCUT2D eigenvalue weighted by Crippen LogP contribution is 2.25. The summed E-state index contributed by atoms with van der Waals surface area (Å²) in [4.78, 5) is 10.3. The molecule has 0 heterocycles. The number of nitriles is 1. The van der Waals surface area contributed by atoms with Gasteiger partial charge >= 0.3 is 0 Å². The van der Waals surface area contributed by atoms with E-state index in [-0.39, 0.29) is 11.5 Å². The largest absolute Gasteiger partial charge is 0.504 e. The average Bonchev–Trinajstić information content (AvgIpc) is 2.09. The van der Waals surface area contributed by atoms with E-state index in [1.807, 2.05) is 0 Å². The number of aromatic hydroxyl groups is 1. The lowest BCUT2D eigenvalue weighted by Crippen LogP contribution is -1.85. The van der Waals surface area contributed by atoms with Crippen molar-refractivity contribution in [3.05, 3.63) is 23.8 Å². The van der Waals surface area contributed by atoms with Gasteiger partial charge in [-0.3, -0.25) is 4.79 Å². The zero-order chi connectivity index (χ0) is 8.97. The van der Waals surface area contributed by atoms with Gasteiger partial charge < -0.3 is 9.84 Å². The van der Waals surface area contributed by atoms with Gasteiger partial charge in [-0.2, -0.15) is 0 Å². The molecule has 1 aromatic carbocycles. The fourth-order valence-electron chi connectivity index (χ4n) is 0.735. The lowest BCUT2D eigenvalue weighted by molar-refractivity contribution is 0.112. The number of carbonyl (C=O) groups is 1. The third kappa shape index (κ3) is 1.52. The zero-order valence-corrected chi connectivity index (χ0v) is 6.02. The van der Waals surface area contributed by atoms with E-state index >= 15 is 0 Å². The Labute approximate surface area is 68.6 Å². The summed E-state index contributed by atoms with van der Waals surface area (Å²) in [6.07, 6.45) is 2.00. The van der Waals surface area contributed by atoms with E-state index in [1.165, 1.54) is 24.5 Å². The number of phenolic OH excluding ortho intramolecular Hbond substituents is 1. The minimum absolute atomic E-state index is 0.0119. The number of ether oxygens (including phenoxy) is 1. The molecule has 0 saturated heterocycles. The Bertz CT molecular complexity index is 341. The van der Waals surface area contributed by atoms with Crippen molar-refractivity contribution in [3.63, 3.8) is 0 Å². The Balaban J connectivity index is 3.09. The lowest BCUT2D eigenvalue weighted by atomic mass is 10.2. The van der Waals surface area contributed by atoms with Gasteiger partial charge in [0.2, 0.25) is 0 Å². The number of rotatable bonds is 2. The summed E-state index contributed by atoms with van der Waals surface area (Å²) < 4.78 is 4.38. The second-order valence-corrected chi connectivity index (χ2v) is 2.04. The van der Waals surface area contributed by atoms with E-state index in [0.29, 0.717) is 11.8 Å². The molecule has 1 aromatic rings. The van der Waals surface area contributed by atoms with Crippen molar-refractivity contribution in [3.8, 4) is 17.8 Å². The molecular formula is C8H5NO3. The van der Waals surface area contributed by atoms with Crippen molar-refractivity contribution in [1.29, 1.82) is 5.26 Å². The van der Waals surface area contributed by atoms with Gasteiger partial charge in [-0.15, -0.1) is 5.26 Å². The van der Waals surface area contributed by atoms with Gasteiger partial charge in [0.25, 0.3) is 6.26 Å². The van der Waals surface area contributed by atoms with Gasteiger partial charge in [0, 0.05) is 5.56 Å². The summed E-state index contributed by atoms with van der Waals surface area (Å²) in [6.45, 7) is 0. The quantitative estimate of drug-likeness (QED) is 0.522. The fraction of sp³-hybridized carbons (Fsp3) is 0. The average molecular weight is 163 g/mol. The van der Waals surface area contributed by atoms with Crippen LogP contribution in [0.4, 0.5) is 0 Å². The van der Waals surface area contributed by atoms with Crippen molar-refractivity contribution in [2.24, 2.45) is 0 Å². The summed E-state index contributed by atoms with van der Waals surface area (Å²) >= 11 is 0. The maximum Gasteiger partial charge on any atom is 0.292 e. The predicted molar refractivity (Wildman–Crippen MR) is 39.7 cm³/mol. The van der Waals surface area contributed by atoms with E-state index in [4.69, 9.17) is 10.4 Å². The molecule has 0 radical (unpaired) electrons. The molecule has 1 rings (SSSR count). The van der Waals surface area contributed by atoms with Gasteiger partial charge in [-0.25, -0.2) is 0 Å². The van der Waals surface area contributed by atoms with E-state index < -0.39 is 0 Å². The maximum absolute atomic E-state index is 10.3. The molecule has 0 aliphatic rings. The molecule has 1 N–H and O–H groups in total. The van der Waals surface area contributed by atoms with Crippen molar-refractivity contribution in [2.75, 3.05) is 0 Å². The molecule has 0 amide bonds. The van der Waals surface area contributed by atoms with Crippen molar-refractivity contribution >= 4 is 6.29 Å². The van der Waals surface area contributed by atoms with Crippen LogP contribution in [-0.4, -0.2) is 11.4 Å². The Hall–Kier alpha value is -2.02. The van der Waals surface area contributed by atoms with E-state index in [1.54, 1.807) is 0 Å². The molecule has 4 heteroatoms. The van der Waals surface area contributed by atoms with Crippen LogP contribution in [-0.2, 0) is 0 Å². The molecule has 0 saturated carbocycles. The molecular weight excluding hydrogens is 158 g/mol. The molecule has 0 unspecified atom stereocenters. The van der Waals surface area contributed by atoms with Crippen LogP contribution in [0, 0.1) is 11.5 Å². The van der Waals surface area contributed by atoms with Crippen LogP contribution in [0.1, 0.15) is 10.4 Å². The normalized spacial score (nSPS) is 8.58. The van der Waals surface area contributed by atoms with Crippen molar-refractivity contribution in [2.45, 2.75) is 0 Å². The Kier molecular flexibility index (Phi) is 2.29. The predicted octanol–water partition coefficient (Wildman–Crippen LogP) is 1.06. The second-order valence-electron chi connectivity index (χ2n) is 2.04. The number of phenols is 1. The summed E-state index contributed by atoms with van der Waals surface area (Å²) in [5.41, 5.74) is 0.345. The first-order chi connectivity index (χ1) is 5.77. The highest BCUT2D eigenvalue weighted by Gasteiger charge is 2.02. The number of carbonyl (C=O) groups excluding carboxylic acids is 1. The van der Waals surface area contributed by atoms with Crippen LogP contribution in [0.3, 0.4) is 0 Å². The topological polar surface area (TPSA) is 70.3 Å². The molecule has 0 aliphatic carbocycles. The first kappa shape index (κ1) is 8.08. The van der Waals surface area contributed by atoms with Crippen LogP contribution >= 0.6 is 0 Å². The highest BCUT2D eigenvalue weighted by atomic mass is 16.5. The van der Waals surface area contributed by atoms with Crippen molar-refractivity contribution in [1.82, 2.24) is 0 Å². The van der Waals surface area contributed by atoms with Crippen LogP contribution in [0.15, 0.2) is 18.2 Å². The van der Waals surface area contributed by atoms with Crippen LogP contribution < -0.4 is 4.74 Å². The third-order valence-electron chi connectivity index (χ3n) is 1.28. The number of nitrogens with zero attached hydrogens (tertiary/aromatic N) is 1. The smallest absolute Gasteiger partial charge is 0.292 e. The minimum atomic E-state index is -0.165.